The van der Waals surface area contributed by atoms with E-state index in [9.17, 15) is 9.59 Å². The fourth-order valence-electron chi connectivity index (χ4n) is 3.79. The molecule has 5 nitrogen and oxygen atoms in total. The van der Waals surface area contributed by atoms with Crippen LogP contribution in [0.15, 0.2) is 24.3 Å². The zero-order valence-corrected chi connectivity index (χ0v) is 17.7. The normalized spacial score (nSPS) is 19.2. The van der Waals surface area contributed by atoms with Crippen LogP contribution in [0.25, 0.3) is 0 Å². The number of rotatable bonds is 4. The lowest BCUT2D eigenvalue weighted by Gasteiger charge is -2.34. The van der Waals surface area contributed by atoms with Crippen LogP contribution in [-0.2, 0) is 21.4 Å². The lowest BCUT2D eigenvalue weighted by Crippen LogP contribution is -2.40. The first-order valence-corrected chi connectivity index (χ1v) is 10.1. The van der Waals surface area contributed by atoms with Gasteiger partial charge in [-0.05, 0) is 43.5 Å². The molecule has 2 aliphatic rings. The second-order valence-electron chi connectivity index (χ2n) is 7.70. The molecule has 2 aromatic rings. The molecule has 0 amide bonds. The van der Waals surface area contributed by atoms with Gasteiger partial charge in [0.25, 0.3) is 0 Å². The number of ether oxygens (including phenoxy) is 3. The minimum atomic E-state index is -0.495. The smallest absolute Gasteiger partial charge is 0.311 e. The molecule has 0 aromatic heterocycles. The third kappa shape index (κ3) is 3.81. The number of carbonyl (C=O) groups is 2. The molecule has 0 fully saturated rings. The molecule has 4 rings (SSSR count). The zero-order valence-electron chi connectivity index (χ0n) is 16.1. The van der Waals surface area contributed by atoms with Crippen molar-refractivity contribution in [2.24, 2.45) is 0 Å². The van der Waals surface area contributed by atoms with Gasteiger partial charge in [-0.3, -0.25) is 4.79 Å². The van der Waals surface area contributed by atoms with Crippen LogP contribution in [0.3, 0.4) is 0 Å². The summed E-state index contributed by atoms with van der Waals surface area (Å²) in [4.78, 5) is 23.2. The molecule has 0 radical (unpaired) electrons. The first kappa shape index (κ1) is 20.0. The number of aryl methyl sites for hydroxylation is 1. The maximum Gasteiger partial charge on any atom is 0.311 e. The van der Waals surface area contributed by atoms with E-state index in [0.717, 1.165) is 22.4 Å². The first-order chi connectivity index (χ1) is 13.8. The molecule has 1 spiro atoms. The summed E-state index contributed by atoms with van der Waals surface area (Å²) in [5.41, 5.74) is 2.55. The van der Waals surface area contributed by atoms with Gasteiger partial charge in [-0.2, -0.15) is 0 Å². The van der Waals surface area contributed by atoms with E-state index < -0.39 is 11.4 Å². The summed E-state index contributed by atoms with van der Waals surface area (Å²) in [5.74, 6) is 1.15. The standard InChI is InChI=1S/C22H20Cl2O5/c1-12-5-14-9-22(10-27-18(14)7-16(12)23)11-28-19-8-17(24)20(6-15(19)22)29-21(26)4-3-13(2)25/h5-8H,3-4,9-11H2,1-2H3. The van der Waals surface area contributed by atoms with E-state index in [0.29, 0.717) is 30.4 Å². The van der Waals surface area contributed by atoms with E-state index in [1.807, 2.05) is 19.1 Å². The fourth-order valence-corrected chi connectivity index (χ4v) is 4.13. The number of hydrogen-bond acceptors (Lipinski definition) is 5. The number of Topliss-reactive ketones (excluding diaryl/α,β-unsaturated/α-hetero) is 1. The first-order valence-electron chi connectivity index (χ1n) is 9.36. The molecule has 29 heavy (non-hydrogen) atoms. The number of esters is 1. The predicted molar refractivity (Wildman–Crippen MR) is 110 cm³/mol. The van der Waals surface area contributed by atoms with Crippen molar-refractivity contribution in [2.75, 3.05) is 13.2 Å². The largest absolute Gasteiger partial charge is 0.492 e. The Kier molecular flexibility index (Phi) is 5.21. The molecule has 152 valence electrons. The maximum absolute atomic E-state index is 12.1. The number of carbonyl (C=O) groups excluding carboxylic acids is 2. The Morgan fingerprint density at radius 1 is 1.03 bits per heavy atom. The Bertz CT molecular complexity index is 1020. The van der Waals surface area contributed by atoms with Crippen molar-refractivity contribution < 1.29 is 23.8 Å². The molecule has 0 saturated heterocycles. The van der Waals surface area contributed by atoms with Crippen LogP contribution >= 0.6 is 23.2 Å². The fraction of sp³-hybridized carbons (Fsp3) is 0.364. The Labute approximate surface area is 178 Å². The molecule has 0 saturated carbocycles. The minimum absolute atomic E-state index is 0.0148. The molecule has 0 aliphatic carbocycles. The highest BCUT2D eigenvalue weighted by atomic mass is 35.5. The Morgan fingerprint density at radius 2 is 1.72 bits per heavy atom. The van der Waals surface area contributed by atoms with Gasteiger partial charge in [0.2, 0.25) is 0 Å². The molecule has 1 unspecified atom stereocenters. The summed E-state index contributed by atoms with van der Waals surface area (Å²) in [6.45, 7) is 4.27. The van der Waals surface area contributed by atoms with Gasteiger partial charge in [0.05, 0.1) is 16.9 Å². The number of halogens is 2. The van der Waals surface area contributed by atoms with Gasteiger partial charge in [0.1, 0.15) is 36.2 Å². The van der Waals surface area contributed by atoms with E-state index >= 15 is 0 Å². The third-order valence-corrected chi connectivity index (χ3v) is 6.09. The SMILES string of the molecule is CC(=O)CCC(=O)Oc1cc2c(cc1Cl)OCC21COc2cc(Cl)c(C)cc2C1. The molecule has 2 aromatic carbocycles. The zero-order chi connectivity index (χ0) is 20.8. The lowest BCUT2D eigenvalue weighted by molar-refractivity contribution is -0.135. The second-order valence-corrected chi connectivity index (χ2v) is 8.51. The summed E-state index contributed by atoms with van der Waals surface area (Å²) in [5, 5.41) is 0.964. The van der Waals surface area contributed by atoms with Crippen molar-refractivity contribution in [3.63, 3.8) is 0 Å². The van der Waals surface area contributed by atoms with Crippen LogP contribution < -0.4 is 14.2 Å². The van der Waals surface area contributed by atoms with Crippen molar-refractivity contribution in [3.05, 3.63) is 51.0 Å². The van der Waals surface area contributed by atoms with Gasteiger partial charge in [-0.15, -0.1) is 0 Å². The van der Waals surface area contributed by atoms with Crippen LogP contribution in [0.5, 0.6) is 17.2 Å². The Balaban J connectivity index is 1.63. The summed E-state index contributed by atoms with van der Waals surface area (Å²) in [7, 11) is 0. The number of ketones is 1. The van der Waals surface area contributed by atoms with E-state index in [2.05, 4.69) is 0 Å². The highest BCUT2D eigenvalue weighted by Crippen LogP contribution is 2.49. The summed E-state index contributed by atoms with van der Waals surface area (Å²) in [6.07, 6.45) is 0.870. The molecule has 2 aliphatic heterocycles. The van der Waals surface area contributed by atoms with Crippen LogP contribution in [0.4, 0.5) is 0 Å². The highest BCUT2D eigenvalue weighted by Gasteiger charge is 2.45. The van der Waals surface area contributed by atoms with Gasteiger partial charge in [-0.25, -0.2) is 0 Å². The molecule has 1 atom stereocenters. The number of fused-ring (bicyclic) bond motifs is 3. The van der Waals surface area contributed by atoms with Crippen LogP contribution in [0, 0.1) is 6.92 Å². The molecular formula is C22H20Cl2O5. The van der Waals surface area contributed by atoms with E-state index in [1.165, 1.54) is 6.92 Å². The quantitative estimate of drug-likeness (QED) is 0.508. The van der Waals surface area contributed by atoms with Crippen molar-refractivity contribution >= 4 is 35.0 Å². The molecule has 7 heteroatoms. The average Bonchev–Trinajstić information content (AvgIpc) is 2.99. The van der Waals surface area contributed by atoms with E-state index in [4.69, 9.17) is 37.4 Å². The average molecular weight is 435 g/mol. The summed E-state index contributed by atoms with van der Waals surface area (Å²) < 4.78 is 17.4. The van der Waals surface area contributed by atoms with Gasteiger partial charge in [-0.1, -0.05) is 29.3 Å². The van der Waals surface area contributed by atoms with Crippen LogP contribution in [-0.4, -0.2) is 25.0 Å². The third-order valence-electron chi connectivity index (χ3n) is 5.39. The highest BCUT2D eigenvalue weighted by molar-refractivity contribution is 6.32. The van der Waals surface area contributed by atoms with Crippen molar-refractivity contribution in [1.29, 1.82) is 0 Å². The summed E-state index contributed by atoms with van der Waals surface area (Å²) in [6, 6.07) is 7.31. The Hall–Kier alpha value is -2.24. The van der Waals surface area contributed by atoms with Crippen LogP contribution in [0.2, 0.25) is 10.0 Å². The van der Waals surface area contributed by atoms with Gasteiger partial charge < -0.3 is 19.0 Å². The topological polar surface area (TPSA) is 61.8 Å². The maximum atomic E-state index is 12.1. The molecule has 2 heterocycles. The van der Waals surface area contributed by atoms with Gasteiger partial charge in [0.15, 0.2) is 0 Å². The van der Waals surface area contributed by atoms with Gasteiger partial charge >= 0.3 is 5.97 Å². The number of hydrogen-bond donors (Lipinski definition) is 0. The van der Waals surface area contributed by atoms with Crippen LogP contribution in [0.1, 0.15) is 36.5 Å². The monoisotopic (exact) mass is 434 g/mol. The van der Waals surface area contributed by atoms with E-state index in [1.54, 1.807) is 12.1 Å². The summed E-state index contributed by atoms with van der Waals surface area (Å²) >= 11 is 12.5. The molecule has 0 bridgehead atoms. The predicted octanol–water partition coefficient (Wildman–Crippen LogP) is 4.84. The molecular weight excluding hydrogens is 415 g/mol. The van der Waals surface area contributed by atoms with Crippen molar-refractivity contribution in [1.82, 2.24) is 0 Å². The van der Waals surface area contributed by atoms with Crippen molar-refractivity contribution in [3.8, 4) is 17.2 Å². The van der Waals surface area contributed by atoms with E-state index in [-0.39, 0.29) is 29.4 Å². The minimum Gasteiger partial charge on any atom is -0.492 e. The lowest BCUT2D eigenvalue weighted by atomic mass is 9.76. The number of benzene rings is 2. The molecule has 0 N–H and O–H groups in total. The Morgan fingerprint density at radius 3 is 2.45 bits per heavy atom. The van der Waals surface area contributed by atoms with Crippen molar-refractivity contribution in [2.45, 2.75) is 38.5 Å². The second kappa shape index (κ2) is 7.54. The van der Waals surface area contributed by atoms with Gasteiger partial charge in [0, 0.05) is 23.1 Å².